The second-order valence-electron chi connectivity index (χ2n) is 3.69. The number of aromatic carboxylic acids is 1. The second kappa shape index (κ2) is 7.76. The van der Waals surface area contributed by atoms with Crippen LogP contribution in [0.3, 0.4) is 0 Å². The topological polar surface area (TPSA) is 66.4 Å². The number of hydrogen-bond acceptors (Lipinski definition) is 3. The monoisotopic (exact) mass is 267 g/mol. The molecule has 0 aliphatic heterocycles. The van der Waals surface area contributed by atoms with Gasteiger partial charge in [-0.15, -0.1) is 0 Å². The molecule has 0 fully saturated rings. The lowest BCUT2D eigenvalue weighted by atomic mass is 10.1. The number of nitrogens with one attached hydrogen (secondary N) is 1. The molecule has 1 aromatic rings. The number of carboxylic acids is 1. The summed E-state index contributed by atoms with van der Waals surface area (Å²) < 4.78 is 0. The van der Waals surface area contributed by atoms with Gasteiger partial charge in [0.05, 0.1) is 5.56 Å². The largest absolute Gasteiger partial charge is 0.478 e. The summed E-state index contributed by atoms with van der Waals surface area (Å²) in [6.45, 7) is 2.71. The van der Waals surface area contributed by atoms with Gasteiger partial charge in [0.15, 0.2) is 0 Å². The molecule has 0 saturated carbocycles. The SMILES string of the molecule is CCSCCCNC(=O)c1cccc(C(=O)O)c1. The van der Waals surface area contributed by atoms with Crippen LogP contribution in [0.4, 0.5) is 0 Å². The molecule has 0 aliphatic carbocycles. The third-order valence-electron chi connectivity index (χ3n) is 2.33. The van der Waals surface area contributed by atoms with E-state index in [-0.39, 0.29) is 11.5 Å². The summed E-state index contributed by atoms with van der Waals surface area (Å²) in [5, 5.41) is 11.6. The maximum Gasteiger partial charge on any atom is 0.335 e. The van der Waals surface area contributed by atoms with Gasteiger partial charge < -0.3 is 10.4 Å². The van der Waals surface area contributed by atoms with E-state index in [2.05, 4.69) is 12.2 Å². The van der Waals surface area contributed by atoms with Gasteiger partial charge in [-0.1, -0.05) is 13.0 Å². The van der Waals surface area contributed by atoms with Crippen LogP contribution < -0.4 is 5.32 Å². The summed E-state index contributed by atoms with van der Waals surface area (Å²) >= 11 is 1.83. The van der Waals surface area contributed by atoms with Gasteiger partial charge in [-0.25, -0.2) is 4.79 Å². The Balaban J connectivity index is 2.46. The molecule has 0 heterocycles. The van der Waals surface area contributed by atoms with Crippen LogP contribution in [-0.4, -0.2) is 35.0 Å². The normalized spacial score (nSPS) is 10.1. The molecule has 0 aliphatic rings. The molecule has 18 heavy (non-hydrogen) atoms. The van der Waals surface area contributed by atoms with E-state index in [9.17, 15) is 9.59 Å². The Labute approximate surface area is 111 Å². The van der Waals surface area contributed by atoms with E-state index in [1.807, 2.05) is 11.8 Å². The molecular weight excluding hydrogens is 250 g/mol. The number of amides is 1. The van der Waals surface area contributed by atoms with Gasteiger partial charge in [0.25, 0.3) is 5.91 Å². The van der Waals surface area contributed by atoms with E-state index in [0.29, 0.717) is 12.1 Å². The van der Waals surface area contributed by atoms with Crippen molar-refractivity contribution in [3.63, 3.8) is 0 Å². The second-order valence-corrected chi connectivity index (χ2v) is 5.09. The van der Waals surface area contributed by atoms with Crippen molar-refractivity contribution in [3.05, 3.63) is 35.4 Å². The van der Waals surface area contributed by atoms with Crippen LogP contribution in [0, 0.1) is 0 Å². The zero-order chi connectivity index (χ0) is 13.4. The van der Waals surface area contributed by atoms with E-state index in [1.54, 1.807) is 12.1 Å². The lowest BCUT2D eigenvalue weighted by molar-refractivity contribution is 0.0697. The summed E-state index contributed by atoms with van der Waals surface area (Å²) in [6.07, 6.45) is 0.920. The van der Waals surface area contributed by atoms with Crippen molar-refractivity contribution in [2.45, 2.75) is 13.3 Å². The number of rotatable bonds is 7. The molecule has 1 amide bonds. The number of carbonyl (C=O) groups excluding carboxylic acids is 1. The predicted molar refractivity (Wildman–Crippen MR) is 73.4 cm³/mol. The molecule has 0 unspecified atom stereocenters. The fraction of sp³-hybridized carbons (Fsp3) is 0.385. The Morgan fingerprint density at radius 2 is 2.06 bits per heavy atom. The Hall–Kier alpha value is -1.49. The molecule has 0 atom stereocenters. The van der Waals surface area contributed by atoms with Gasteiger partial charge in [0.1, 0.15) is 0 Å². The Kier molecular flexibility index (Phi) is 6.28. The van der Waals surface area contributed by atoms with Crippen LogP contribution in [0.1, 0.15) is 34.1 Å². The van der Waals surface area contributed by atoms with E-state index in [1.165, 1.54) is 12.1 Å². The van der Waals surface area contributed by atoms with E-state index < -0.39 is 5.97 Å². The summed E-state index contributed by atoms with van der Waals surface area (Å²) in [5.41, 5.74) is 0.516. The summed E-state index contributed by atoms with van der Waals surface area (Å²) in [6, 6.07) is 6.04. The van der Waals surface area contributed by atoms with Crippen molar-refractivity contribution >= 4 is 23.6 Å². The number of carbonyl (C=O) groups is 2. The Morgan fingerprint density at radius 1 is 1.33 bits per heavy atom. The van der Waals surface area contributed by atoms with Crippen LogP contribution in [-0.2, 0) is 0 Å². The number of carboxylic acid groups (broad SMARTS) is 1. The lowest BCUT2D eigenvalue weighted by Crippen LogP contribution is -2.25. The minimum Gasteiger partial charge on any atom is -0.478 e. The highest BCUT2D eigenvalue weighted by Gasteiger charge is 2.08. The smallest absolute Gasteiger partial charge is 0.335 e. The van der Waals surface area contributed by atoms with Gasteiger partial charge in [-0.3, -0.25) is 4.79 Å². The average Bonchev–Trinajstić information content (AvgIpc) is 2.38. The van der Waals surface area contributed by atoms with Crippen molar-refractivity contribution in [2.24, 2.45) is 0 Å². The lowest BCUT2D eigenvalue weighted by Gasteiger charge is -2.05. The zero-order valence-electron chi connectivity index (χ0n) is 10.3. The number of thioether (sulfide) groups is 1. The molecule has 98 valence electrons. The molecular formula is C13H17NO3S. The summed E-state index contributed by atoms with van der Waals surface area (Å²) in [7, 11) is 0. The fourth-order valence-corrected chi connectivity index (χ4v) is 2.05. The van der Waals surface area contributed by atoms with Crippen LogP contribution in [0.25, 0.3) is 0 Å². The van der Waals surface area contributed by atoms with Gasteiger partial charge in [-0.2, -0.15) is 11.8 Å². The van der Waals surface area contributed by atoms with Crippen LogP contribution in [0.2, 0.25) is 0 Å². The van der Waals surface area contributed by atoms with Crippen molar-refractivity contribution in [1.29, 1.82) is 0 Å². The van der Waals surface area contributed by atoms with Crippen LogP contribution in [0.15, 0.2) is 24.3 Å². The Bertz CT molecular complexity index is 420. The highest BCUT2D eigenvalue weighted by molar-refractivity contribution is 7.99. The van der Waals surface area contributed by atoms with Crippen molar-refractivity contribution < 1.29 is 14.7 Å². The zero-order valence-corrected chi connectivity index (χ0v) is 11.1. The molecule has 0 saturated heterocycles. The van der Waals surface area contributed by atoms with Gasteiger partial charge in [0, 0.05) is 12.1 Å². The summed E-state index contributed by atoms with van der Waals surface area (Å²) in [4.78, 5) is 22.5. The number of hydrogen-bond donors (Lipinski definition) is 2. The van der Waals surface area contributed by atoms with Crippen molar-refractivity contribution in [3.8, 4) is 0 Å². The van der Waals surface area contributed by atoms with E-state index in [4.69, 9.17) is 5.11 Å². The third-order valence-corrected chi connectivity index (χ3v) is 3.31. The summed E-state index contributed by atoms with van der Waals surface area (Å²) in [5.74, 6) is 0.851. The highest BCUT2D eigenvalue weighted by Crippen LogP contribution is 2.05. The molecule has 0 radical (unpaired) electrons. The van der Waals surface area contributed by atoms with Gasteiger partial charge in [-0.05, 0) is 36.1 Å². The Morgan fingerprint density at radius 3 is 2.72 bits per heavy atom. The highest BCUT2D eigenvalue weighted by atomic mass is 32.2. The molecule has 0 bridgehead atoms. The average molecular weight is 267 g/mol. The molecule has 4 nitrogen and oxygen atoms in total. The minimum atomic E-state index is -1.02. The fourth-order valence-electron chi connectivity index (χ4n) is 1.42. The predicted octanol–water partition coefficient (Wildman–Crippen LogP) is 2.26. The molecule has 0 aromatic heterocycles. The number of benzene rings is 1. The molecule has 0 spiro atoms. The molecule has 2 N–H and O–H groups in total. The van der Waals surface area contributed by atoms with Gasteiger partial charge in [0.2, 0.25) is 0 Å². The molecule has 1 aromatic carbocycles. The van der Waals surface area contributed by atoms with Crippen LogP contribution >= 0.6 is 11.8 Å². The van der Waals surface area contributed by atoms with Crippen LogP contribution in [0.5, 0.6) is 0 Å². The maximum absolute atomic E-state index is 11.7. The maximum atomic E-state index is 11.7. The molecule has 1 rings (SSSR count). The third kappa shape index (κ3) is 4.79. The van der Waals surface area contributed by atoms with Crippen molar-refractivity contribution in [2.75, 3.05) is 18.1 Å². The van der Waals surface area contributed by atoms with Gasteiger partial charge >= 0.3 is 5.97 Å². The standard InChI is InChI=1S/C13H17NO3S/c1-2-18-8-4-7-14-12(15)10-5-3-6-11(9-10)13(16)17/h3,5-6,9H,2,4,7-8H2,1H3,(H,14,15)(H,16,17). The van der Waals surface area contributed by atoms with E-state index in [0.717, 1.165) is 17.9 Å². The minimum absolute atomic E-state index is 0.129. The first-order valence-corrected chi connectivity index (χ1v) is 7.00. The first kappa shape index (κ1) is 14.6. The first-order chi connectivity index (χ1) is 8.65. The van der Waals surface area contributed by atoms with E-state index >= 15 is 0 Å². The first-order valence-electron chi connectivity index (χ1n) is 5.84. The van der Waals surface area contributed by atoms with Crippen molar-refractivity contribution in [1.82, 2.24) is 5.32 Å². The quantitative estimate of drug-likeness (QED) is 0.744. The molecule has 5 heteroatoms.